The number of aromatic nitrogens is 2. The Kier molecular flexibility index (Phi) is 5.27. The molecule has 1 aromatic heterocycles. The normalized spacial score (nSPS) is 11.6. The summed E-state index contributed by atoms with van der Waals surface area (Å²) in [5.74, 6) is -0.730. The predicted octanol–water partition coefficient (Wildman–Crippen LogP) is 3.17. The average Bonchev–Trinajstić information content (AvgIpc) is 2.82. The highest BCUT2D eigenvalue weighted by atomic mass is 79.9. The van der Waals surface area contributed by atoms with E-state index in [0.29, 0.717) is 11.4 Å². The van der Waals surface area contributed by atoms with E-state index in [2.05, 4.69) is 21.2 Å². The number of hydrogen-bond donors (Lipinski definition) is 2. The van der Waals surface area contributed by atoms with Gasteiger partial charge in [0.2, 0.25) is 0 Å². The van der Waals surface area contributed by atoms with Crippen molar-refractivity contribution < 1.29 is 13.0 Å². The summed E-state index contributed by atoms with van der Waals surface area (Å²) in [4.78, 5) is 12.8. The number of benzene rings is 2. The van der Waals surface area contributed by atoms with Crippen molar-refractivity contribution in [1.29, 1.82) is 0 Å². The van der Waals surface area contributed by atoms with Crippen LogP contribution in [0.25, 0.3) is 16.8 Å². The van der Waals surface area contributed by atoms with Crippen LogP contribution < -0.4 is 10.9 Å². The van der Waals surface area contributed by atoms with Gasteiger partial charge in [-0.25, -0.2) is 4.68 Å². The van der Waals surface area contributed by atoms with Crippen LogP contribution in [0, 0.1) is 6.92 Å². The van der Waals surface area contributed by atoms with Crippen molar-refractivity contribution in [3.63, 3.8) is 0 Å². The minimum absolute atomic E-state index is 0.129. The number of rotatable bonds is 5. The zero-order valence-electron chi connectivity index (χ0n) is 14.7. The SMILES string of the molecule is Cc1c(NCS(=O)(=O)O)c(=O)n(-c2cccc(-c3ccc(Br)cc3)c2)n1C. The molecule has 0 aliphatic heterocycles. The van der Waals surface area contributed by atoms with Crippen LogP contribution in [0.5, 0.6) is 0 Å². The van der Waals surface area contributed by atoms with Gasteiger partial charge in [0.15, 0.2) is 0 Å². The summed E-state index contributed by atoms with van der Waals surface area (Å²) in [6, 6.07) is 15.3. The highest BCUT2D eigenvalue weighted by Crippen LogP contribution is 2.24. The molecule has 0 spiro atoms. The minimum atomic E-state index is -4.24. The standard InChI is InChI=1S/C18H18BrN3O4S/c1-12-17(20-11-27(24,25)26)18(23)22(21(12)2)16-5-3-4-14(10-16)13-6-8-15(19)9-7-13/h3-10,20H,11H2,1-2H3,(H,24,25,26). The fourth-order valence-corrected chi connectivity index (χ4v) is 3.42. The van der Waals surface area contributed by atoms with Crippen LogP contribution in [-0.4, -0.2) is 28.2 Å². The molecular weight excluding hydrogens is 434 g/mol. The second-order valence-electron chi connectivity index (χ2n) is 6.06. The van der Waals surface area contributed by atoms with Gasteiger partial charge >= 0.3 is 0 Å². The third kappa shape index (κ3) is 4.15. The Labute approximate surface area is 165 Å². The number of hydrogen-bond acceptors (Lipinski definition) is 4. The van der Waals surface area contributed by atoms with E-state index in [1.165, 1.54) is 4.68 Å². The molecule has 0 amide bonds. The van der Waals surface area contributed by atoms with E-state index in [0.717, 1.165) is 15.6 Å². The summed E-state index contributed by atoms with van der Waals surface area (Å²) < 4.78 is 35.0. The molecule has 0 bridgehead atoms. The van der Waals surface area contributed by atoms with Gasteiger partial charge in [-0.3, -0.25) is 14.0 Å². The second kappa shape index (κ2) is 7.34. The zero-order chi connectivity index (χ0) is 19.8. The van der Waals surface area contributed by atoms with Crippen molar-refractivity contribution in [2.24, 2.45) is 7.05 Å². The molecular formula is C18H18BrN3O4S. The van der Waals surface area contributed by atoms with Gasteiger partial charge in [-0.1, -0.05) is 40.2 Å². The van der Waals surface area contributed by atoms with Gasteiger partial charge < -0.3 is 5.32 Å². The fourth-order valence-electron chi connectivity index (χ4n) is 2.83. The Morgan fingerprint density at radius 2 is 1.78 bits per heavy atom. The topological polar surface area (TPSA) is 93.3 Å². The van der Waals surface area contributed by atoms with Crippen LogP contribution in [0.15, 0.2) is 57.8 Å². The Morgan fingerprint density at radius 1 is 1.11 bits per heavy atom. The Bertz CT molecular complexity index is 1150. The lowest BCUT2D eigenvalue weighted by molar-refractivity contribution is 0.485. The third-order valence-corrected chi connectivity index (χ3v) is 5.29. The summed E-state index contributed by atoms with van der Waals surface area (Å²) in [5.41, 5.74) is 2.88. The second-order valence-corrected chi connectivity index (χ2v) is 8.43. The molecule has 1 heterocycles. The first-order valence-corrected chi connectivity index (χ1v) is 10.4. The minimum Gasteiger partial charge on any atom is -0.364 e. The quantitative estimate of drug-likeness (QED) is 0.581. The third-order valence-electron chi connectivity index (χ3n) is 4.25. The lowest BCUT2D eigenvalue weighted by Crippen LogP contribution is -2.22. The number of nitrogens with one attached hydrogen (secondary N) is 1. The smallest absolute Gasteiger partial charge is 0.295 e. The summed E-state index contributed by atoms with van der Waals surface area (Å²) in [6.45, 7) is 1.70. The molecule has 0 aliphatic rings. The van der Waals surface area contributed by atoms with Crippen molar-refractivity contribution in [1.82, 2.24) is 9.36 Å². The molecule has 0 radical (unpaired) electrons. The maximum Gasteiger partial charge on any atom is 0.295 e. The van der Waals surface area contributed by atoms with Crippen LogP contribution in [0.1, 0.15) is 5.69 Å². The van der Waals surface area contributed by atoms with E-state index in [-0.39, 0.29) is 5.69 Å². The van der Waals surface area contributed by atoms with Crippen molar-refractivity contribution in [2.45, 2.75) is 6.92 Å². The largest absolute Gasteiger partial charge is 0.364 e. The molecule has 0 unspecified atom stereocenters. The summed E-state index contributed by atoms with van der Waals surface area (Å²) in [7, 11) is -2.53. The lowest BCUT2D eigenvalue weighted by atomic mass is 10.1. The first-order valence-electron chi connectivity index (χ1n) is 8.01. The summed E-state index contributed by atoms with van der Waals surface area (Å²) in [6.07, 6.45) is 0. The van der Waals surface area contributed by atoms with Crippen molar-refractivity contribution in [3.05, 3.63) is 69.1 Å². The Morgan fingerprint density at radius 3 is 2.41 bits per heavy atom. The van der Waals surface area contributed by atoms with Gasteiger partial charge in [-0.05, 0) is 42.3 Å². The first-order chi connectivity index (χ1) is 12.7. The molecule has 0 atom stereocenters. The van der Waals surface area contributed by atoms with Crippen molar-refractivity contribution in [3.8, 4) is 16.8 Å². The summed E-state index contributed by atoms with van der Waals surface area (Å²) >= 11 is 3.41. The highest BCUT2D eigenvalue weighted by Gasteiger charge is 2.18. The van der Waals surface area contributed by atoms with Crippen LogP contribution in [0.4, 0.5) is 5.69 Å². The molecule has 2 N–H and O–H groups in total. The van der Waals surface area contributed by atoms with E-state index < -0.39 is 21.6 Å². The van der Waals surface area contributed by atoms with E-state index in [1.54, 1.807) is 24.7 Å². The first kappa shape index (κ1) is 19.4. The maximum absolute atomic E-state index is 12.8. The van der Waals surface area contributed by atoms with Gasteiger partial charge in [0.05, 0.1) is 11.4 Å². The van der Waals surface area contributed by atoms with E-state index in [1.807, 2.05) is 42.5 Å². The van der Waals surface area contributed by atoms with Crippen LogP contribution in [0.2, 0.25) is 0 Å². The maximum atomic E-state index is 12.8. The van der Waals surface area contributed by atoms with Crippen LogP contribution in [0.3, 0.4) is 0 Å². The lowest BCUT2D eigenvalue weighted by Gasteiger charge is -2.10. The van der Waals surface area contributed by atoms with Gasteiger partial charge in [0.1, 0.15) is 11.6 Å². The van der Waals surface area contributed by atoms with E-state index >= 15 is 0 Å². The molecule has 0 saturated heterocycles. The molecule has 0 aliphatic carbocycles. The molecule has 27 heavy (non-hydrogen) atoms. The Balaban J connectivity index is 2.06. The number of halogens is 1. The number of nitrogens with zero attached hydrogens (tertiary/aromatic N) is 2. The van der Waals surface area contributed by atoms with Crippen LogP contribution in [-0.2, 0) is 17.2 Å². The molecule has 0 fully saturated rings. The fraction of sp³-hybridized carbons (Fsp3) is 0.167. The predicted molar refractivity (Wildman–Crippen MR) is 109 cm³/mol. The molecule has 9 heteroatoms. The number of anilines is 1. The molecule has 142 valence electrons. The highest BCUT2D eigenvalue weighted by molar-refractivity contribution is 9.10. The van der Waals surface area contributed by atoms with Crippen molar-refractivity contribution >= 4 is 31.7 Å². The molecule has 2 aromatic carbocycles. The van der Waals surface area contributed by atoms with E-state index in [4.69, 9.17) is 4.55 Å². The van der Waals surface area contributed by atoms with Crippen LogP contribution >= 0.6 is 15.9 Å². The molecule has 3 rings (SSSR count). The van der Waals surface area contributed by atoms with Gasteiger partial charge in [-0.2, -0.15) is 8.42 Å². The molecule has 0 saturated carbocycles. The van der Waals surface area contributed by atoms with Gasteiger partial charge in [0, 0.05) is 11.5 Å². The van der Waals surface area contributed by atoms with Crippen molar-refractivity contribution in [2.75, 3.05) is 11.2 Å². The molecule has 7 nitrogen and oxygen atoms in total. The monoisotopic (exact) mass is 451 g/mol. The summed E-state index contributed by atoms with van der Waals surface area (Å²) in [5, 5.41) is 2.51. The van der Waals surface area contributed by atoms with Gasteiger partial charge in [0.25, 0.3) is 15.7 Å². The molecule has 3 aromatic rings. The average molecular weight is 452 g/mol. The zero-order valence-corrected chi connectivity index (χ0v) is 17.1. The van der Waals surface area contributed by atoms with Gasteiger partial charge in [-0.15, -0.1) is 0 Å². The Hall–Kier alpha value is -2.36. The van der Waals surface area contributed by atoms with E-state index in [9.17, 15) is 13.2 Å².